The molecule has 1 amide bonds. The van der Waals surface area contributed by atoms with Crippen molar-refractivity contribution in [2.75, 3.05) is 12.4 Å². The first-order valence-corrected chi connectivity index (χ1v) is 6.98. The maximum atomic E-state index is 12.4. The Morgan fingerprint density at radius 1 is 1.17 bits per heavy atom. The lowest BCUT2D eigenvalue weighted by Crippen LogP contribution is -2.22. The molecule has 0 fully saturated rings. The van der Waals surface area contributed by atoms with Gasteiger partial charge in [0.25, 0.3) is 5.91 Å². The van der Waals surface area contributed by atoms with Crippen LogP contribution in [0.3, 0.4) is 0 Å². The highest BCUT2D eigenvalue weighted by Gasteiger charge is 2.20. The number of nitrogens with zero attached hydrogens (tertiary/aromatic N) is 4. The molecule has 0 radical (unpaired) electrons. The Balaban J connectivity index is 1.74. The van der Waals surface area contributed by atoms with Crippen molar-refractivity contribution in [3.05, 3.63) is 66.7 Å². The van der Waals surface area contributed by atoms with E-state index in [2.05, 4.69) is 20.4 Å². The standard InChI is InChI=1S/C16H15N5O2/c1-23-14(12-6-3-2-4-7-12)15(22)20-13-10-19-21(11-13)16-17-8-5-9-18-16/h2-11,14H,1H3,(H,20,22)/t14-/m0/s1. The third-order valence-corrected chi connectivity index (χ3v) is 3.18. The van der Waals surface area contributed by atoms with E-state index >= 15 is 0 Å². The van der Waals surface area contributed by atoms with Gasteiger partial charge >= 0.3 is 0 Å². The quantitative estimate of drug-likeness (QED) is 0.779. The number of hydrogen-bond acceptors (Lipinski definition) is 5. The molecule has 7 heteroatoms. The summed E-state index contributed by atoms with van der Waals surface area (Å²) < 4.78 is 6.78. The molecule has 0 unspecified atom stereocenters. The third-order valence-electron chi connectivity index (χ3n) is 3.18. The zero-order chi connectivity index (χ0) is 16.1. The molecule has 3 aromatic rings. The van der Waals surface area contributed by atoms with Crippen LogP contribution in [0.25, 0.3) is 5.95 Å². The molecule has 2 heterocycles. The summed E-state index contributed by atoms with van der Waals surface area (Å²) in [6, 6.07) is 11.0. The summed E-state index contributed by atoms with van der Waals surface area (Å²) in [5.74, 6) is 0.159. The van der Waals surface area contributed by atoms with E-state index in [1.165, 1.54) is 18.0 Å². The van der Waals surface area contributed by atoms with E-state index in [0.29, 0.717) is 11.6 Å². The van der Waals surface area contributed by atoms with Crippen molar-refractivity contribution in [2.24, 2.45) is 0 Å². The van der Waals surface area contributed by atoms with Crippen LogP contribution in [0.5, 0.6) is 0 Å². The molecule has 3 rings (SSSR count). The van der Waals surface area contributed by atoms with Crippen molar-refractivity contribution in [1.29, 1.82) is 0 Å². The SMILES string of the molecule is CO[C@H](C(=O)Nc1cnn(-c2ncccn2)c1)c1ccccc1. The van der Waals surface area contributed by atoms with Gasteiger partial charge in [0.05, 0.1) is 18.1 Å². The molecule has 0 saturated heterocycles. The van der Waals surface area contributed by atoms with E-state index in [-0.39, 0.29) is 5.91 Å². The van der Waals surface area contributed by atoms with Gasteiger partial charge in [0.1, 0.15) is 0 Å². The molecule has 23 heavy (non-hydrogen) atoms. The molecule has 7 nitrogen and oxygen atoms in total. The Morgan fingerprint density at radius 3 is 2.61 bits per heavy atom. The Kier molecular flexibility index (Phi) is 4.39. The average molecular weight is 309 g/mol. The number of anilines is 1. The molecule has 2 aromatic heterocycles. The fourth-order valence-corrected chi connectivity index (χ4v) is 2.14. The number of hydrogen-bond donors (Lipinski definition) is 1. The van der Waals surface area contributed by atoms with Gasteiger partial charge in [-0.15, -0.1) is 0 Å². The molecule has 0 aliphatic carbocycles. The van der Waals surface area contributed by atoms with Crippen LogP contribution in [0, 0.1) is 0 Å². The van der Waals surface area contributed by atoms with Gasteiger partial charge in [0, 0.05) is 19.5 Å². The van der Waals surface area contributed by atoms with Crippen molar-refractivity contribution in [2.45, 2.75) is 6.10 Å². The normalized spacial score (nSPS) is 11.9. The maximum Gasteiger partial charge on any atom is 0.258 e. The maximum absolute atomic E-state index is 12.4. The molecule has 1 N–H and O–H groups in total. The van der Waals surface area contributed by atoms with Crippen LogP contribution in [-0.4, -0.2) is 32.8 Å². The predicted octanol–water partition coefficient (Wildman–Crippen LogP) is 1.99. The molecule has 0 spiro atoms. The second kappa shape index (κ2) is 6.80. The van der Waals surface area contributed by atoms with Crippen LogP contribution in [0.15, 0.2) is 61.2 Å². The average Bonchev–Trinajstić information content (AvgIpc) is 3.06. The van der Waals surface area contributed by atoms with E-state index in [1.54, 1.807) is 24.7 Å². The summed E-state index contributed by atoms with van der Waals surface area (Å²) in [6.45, 7) is 0. The second-order valence-corrected chi connectivity index (χ2v) is 4.74. The van der Waals surface area contributed by atoms with Crippen molar-refractivity contribution in [3.63, 3.8) is 0 Å². The number of carbonyl (C=O) groups excluding carboxylic acids is 1. The molecule has 1 aromatic carbocycles. The predicted molar refractivity (Wildman–Crippen MR) is 84.0 cm³/mol. The topological polar surface area (TPSA) is 81.9 Å². The number of ether oxygens (including phenoxy) is 1. The largest absolute Gasteiger partial charge is 0.367 e. The number of methoxy groups -OCH3 is 1. The molecule has 116 valence electrons. The first-order chi connectivity index (χ1) is 11.3. The number of amides is 1. The highest BCUT2D eigenvalue weighted by atomic mass is 16.5. The van der Waals surface area contributed by atoms with Gasteiger partial charge in [-0.1, -0.05) is 30.3 Å². The smallest absolute Gasteiger partial charge is 0.258 e. The monoisotopic (exact) mass is 309 g/mol. The molecule has 0 aliphatic heterocycles. The Hall–Kier alpha value is -3.06. The van der Waals surface area contributed by atoms with Crippen LogP contribution < -0.4 is 5.32 Å². The van der Waals surface area contributed by atoms with Crippen molar-refractivity contribution in [3.8, 4) is 5.95 Å². The first kappa shape index (κ1) is 14.9. The first-order valence-electron chi connectivity index (χ1n) is 6.98. The molecule has 0 aliphatic rings. The van der Waals surface area contributed by atoms with Gasteiger partial charge in [-0.2, -0.15) is 5.10 Å². The highest BCUT2D eigenvalue weighted by Crippen LogP contribution is 2.19. The summed E-state index contributed by atoms with van der Waals surface area (Å²) in [5, 5.41) is 6.91. The highest BCUT2D eigenvalue weighted by molar-refractivity contribution is 5.94. The fraction of sp³-hybridized carbons (Fsp3) is 0.125. The number of nitrogens with one attached hydrogen (secondary N) is 1. The van der Waals surface area contributed by atoms with E-state index in [4.69, 9.17) is 4.74 Å². The van der Waals surface area contributed by atoms with Crippen LogP contribution in [0.4, 0.5) is 5.69 Å². The number of benzene rings is 1. The van der Waals surface area contributed by atoms with Crippen molar-refractivity contribution >= 4 is 11.6 Å². The number of carbonyl (C=O) groups is 1. The molecular formula is C16H15N5O2. The van der Waals surface area contributed by atoms with Gasteiger partial charge in [-0.05, 0) is 11.6 Å². The van der Waals surface area contributed by atoms with E-state index < -0.39 is 6.10 Å². The van der Waals surface area contributed by atoms with Crippen LogP contribution in [0.1, 0.15) is 11.7 Å². The lowest BCUT2D eigenvalue weighted by molar-refractivity contribution is -0.126. The van der Waals surface area contributed by atoms with E-state index in [9.17, 15) is 4.79 Å². The zero-order valence-electron chi connectivity index (χ0n) is 12.5. The minimum Gasteiger partial charge on any atom is -0.367 e. The van der Waals surface area contributed by atoms with Gasteiger partial charge < -0.3 is 10.1 Å². The van der Waals surface area contributed by atoms with Crippen molar-refractivity contribution in [1.82, 2.24) is 19.7 Å². The lowest BCUT2D eigenvalue weighted by Gasteiger charge is -2.14. The van der Waals surface area contributed by atoms with Gasteiger partial charge in [0.2, 0.25) is 5.95 Å². The third kappa shape index (κ3) is 3.41. The van der Waals surface area contributed by atoms with Crippen molar-refractivity contribution < 1.29 is 9.53 Å². The van der Waals surface area contributed by atoms with E-state index in [1.807, 2.05) is 30.3 Å². The lowest BCUT2D eigenvalue weighted by atomic mass is 10.1. The Morgan fingerprint density at radius 2 is 1.91 bits per heavy atom. The summed E-state index contributed by atoms with van der Waals surface area (Å²) in [7, 11) is 1.50. The zero-order valence-corrected chi connectivity index (χ0v) is 12.5. The molecule has 0 saturated carbocycles. The minimum absolute atomic E-state index is 0.271. The summed E-state index contributed by atoms with van der Waals surface area (Å²) in [4.78, 5) is 20.6. The second-order valence-electron chi connectivity index (χ2n) is 4.74. The summed E-state index contributed by atoms with van der Waals surface area (Å²) in [6.07, 6.45) is 5.74. The van der Waals surface area contributed by atoms with Gasteiger partial charge in [0.15, 0.2) is 6.10 Å². The van der Waals surface area contributed by atoms with Crippen LogP contribution in [0.2, 0.25) is 0 Å². The number of aromatic nitrogens is 4. The van der Waals surface area contributed by atoms with Crippen LogP contribution in [-0.2, 0) is 9.53 Å². The Labute approximate surface area is 133 Å². The van der Waals surface area contributed by atoms with Crippen LogP contribution >= 0.6 is 0 Å². The van der Waals surface area contributed by atoms with E-state index in [0.717, 1.165) is 5.56 Å². The molecular weight excluding hydrogens is 294 g/mol. The molecule has 1 atom stereocenters. The number of rotatable bonds is 5. The van der Waals surface area contributed by atoms with Gasteiger partial charge in [-0.3, -0.25) is 4.79 Å². The van der Waals surface area contributed by atoms with Gasteiger partial charge in [-0.25, -0.2) is 14.6 Å². The molecule has 0 bridgehead atoms. The summed E-state index contributed by atoms with van der Waals surface area (Å²) in [5.41, 5.74) is 1.33. The minimum atomic E-state index is -0.687. The fourth-order valence-electron chi connectivity index (χ4n) is 2.14. The summed E-state index contributed by atoms with van der Waals surface area (Å²) >= 11 is 0. The Bertz CT molecular complexity index is 773.